The van der Waals surface area contributed by atoms with Crippen molar-refractivity contribution in [2.75, 3.05) is 13.6 Å². The molecule has 0 amide bonds. The molecule has 0 saturated heterocycles. The van der Waals surface area contributed by atoms with E-state index >= 15 is 0 Å². The molecule has 5 nitrogen and oxygen atoms in total. The van der Waals surface area contributed by atoms with E-state index in [0.29, 0.717) is 25.2 Å². The van der Waals surface area contributed by atoms with Gasteiger partial charge >= 0.3 is 0 Å². The average Bonchev–Trinajstić information content (AvgIpc) is 2.71. The molecule has 2 aromatic carbocycles. The van der Waals surface area contributed by atoms with Crippen LogP contribution in [-0.2, 0) is 11.3 Å². The Kier molecular flexibility index (Phi) is 8.91. The van der Waals surface area contributed by atoms with E-state index in [2.05, 4.69) is 25.1 Å². The van der Waals surface area contributed by atoms with Crippen molar-refractivity contribution in [2.24, 2.45) is 17.2 Å². The SMILES string of the molecule is CC/C=c1/cccc/c1=C/CC(=O)CN(C)Cc1cccc(/C(N)=C/C=C(N)N)c1. The fourth-order valence-electron chi connectivity index (χ4n) is 3.19. The summed E-state index contributed by atoms with van der Waals surface area (Å²) in [5.41, 5.74) is 19.5. The topological polar surface area (TPSA) is 98.4 Å². The number of Topliss-reactive ketones (excluding diaryl/α,β-unsaturated/α-hetero) is 1. The van der Waals surface area contributed by atoms with Gasteiger partial charge in [-0.15, -0.1) is 0 Å². The number of likely N-dealkylation sites (N-methyl/N-ethyl adjacent to an activating group) is 1. The van der Waals surface area contributed by atoms with Crippen LogP contribution in [-0.4, -0.2) is 24.3 Å². The third-order valence-corrected chi connectivity index (χ3v) is 4.58. The van der Waals surface area contributed by atoms with Gasteiger partial charge in [0.15, 0.2) is 5.78 Å². The molecule has 0 aromatic heterocycles. The summed E-state index contributed by atoms with van der Waals surface area (Å²) in [6.45, 7) is 3.15. The maximum Gasteiger partial charge on any atom is 0.150 e. The van der Waals surface area contributed by atoms with Gasteiger partial charge in [-0.2, -0.15) is 0 Å². The maximum atomic E-state index is 12.5. The van der Waals surface area contributed by atoms with Crippen molar-refractivity contribution in [2.45, 2.75) is 26.3 Å². The van der Waals surface area contributed by atoms with E-state index in [4.69, 9.17) is 17.2 Å². The molecule has 0 aliphatic rings. The van der Waals surface area contributed by atoms with E-state index in [0.717, 1.165) is 22.8 Å². The molecule has 0 aliphatic carbocycles. The molecule has 30 heavy (non-hydrogen) atoms. The molecule has 0 saturated carbocycles. The summed E-state index contributed by atoms with van der Waals surface area (Å²) in [5, 5.41) is 2.28. The third-order valence-electron chi connectivity index (χ3n) is 4.58. The van der Waals surface area contributed by atoms with Crippen molar-refractivity contribution in [3.63, 3.8) is 0 Å². The summed E-state index contributed by atoms with van der Waals surface area (Å²) in [6.07, 6.45) is 8.83. The van der Waals surface area contributed by atoms with Crippen LogP contribution in [0.15, 0.2) is 66.5 Å². The van der Waals surface area contributed by atoms with Crippen LogP contribution >= 0.6 is 0 Å². The molecular formula is C25H32N4O. The highest BCUT2D eigenvalue weighted by atomic mass is 16.1. The lowest BCUT2D eigenvalue weighted by molar-refractivity contribution is -0.118. The highest BCUT2D eigenvalue weighted by Crippen LogP contribution is 2.13. The highest BCUT2D eigenvalue weighted by Gasteiger charge is 2.07. The smallest absolute Gasteiger partial charge is 0.150 e. The Labute approximate surface area is 178 Å². The first-order valence-electron chi connectivity index (χ1n) is 10.1. The zero-order valence-electron chi connectivity index (χ0n) is 17.8. The van der Waals surface area contributed by atoms with Gasteiger partial charge in [0, 0.05) is 18.7 Å². The molecule has 0 fully saturated rings. The van der Waals surface area contributed by atoms with Gasteiger partial charge in [0.1, 0.15) is 0 Å². The minimum atomic E-state index is 0.183. The van der Waals surface area contributed by atoms with E-state index in [1.165, 1.54) is 5.22 Å². The Balaban J connectivity index is 2.00. The Morgan fingerprint density at radius 2 is 1.67 bits per heavy atom. The Morgan fingerprint density at radius 3 is 2.33 bits per heavy atom. The molecule has 2 rings (SSSR count). The Bertz CT molecular complexity index is 1030. The van der Waals surface area contributed by atoms with Crippen molar-refractivity contribution in [1.29, 1.82) is 0 Å². The summed E-state index contributed by atoms with van der Waals surface area (Å²) in [6, 6.07) is 16.1. The quantitative estimate of drug-likeness (QED) is 0.554. The summed E-state index contributed by atoms with van der Waals surface area (Å²) in [7, 11) is 1.94. The summed E-state index contributed by atoms with van der Waals surface area (Å²) < 4.78 is 0. The molecule has 0 radical (unpaired) electrons. The van der Waals surface area contributed by atoms with Gasteiger partial charge in [0.2, 0.25) is 0 Å². The molecule has 0 heterocycles. The van der Waals surface area contributed by atoms with Crippen molar-refractivity contribution in [1.82, 2.24) is 4.90 Å². The number of nitrogens with zero attached hydrogens (tertiary/aromatic N) is 1. The van der Waals surface area contributed by atoms with Crippen molar-refractivity contribution < 1.29 is 4.79 Å². The van der Waals surface area contributed by atoms with Crippen LogP contribution < -0.4 is 27.6 Å². The van der Waals surface area contributed by atoms with Crippen LogP contribution in [0.1, 0.15) is 30.9 Å². The zero-order chi connectivity index (χ0) is 21.9. The minimum Gasteiger partial charge on any atom is -0.398 e. The molecule has 5 heteroatoms. The van der Waals surface area contributed by atoms with E-state index in [1.54, 1.807) is 12.2 Å². The van der Waals surface area contributed by atoms with Crippen molar-refractivity contribution in [3.05, 3.63) is 88.1 Å². The number of nitrogens with two attached hydrogens (primary N) is 3. The molecule has 0 aliphatic heterocycles. The van der Waals surface area contributed by atoms with Crippen molar-refractivity contribution in [3.8, 4) is 0 Å². The number of benzene rings is 2. The van der Waals surface area contributed by atoms with Gasteiger partial charge in [-0.25, -0.2) is 0 Å². The van der Waals surface area contributed by atoms with Crippen LogP contribution in [0, 0.1) is 0 Å². The summed E-state index contributed by atoms with van der Waals surface area (Å²) in [4.78, 5) is 14.5. The lowest BCUT2D eigenvalue weighted by atomic mass is 10.1. The lowest BCUT2D eigenvalue weighted by Gasteiger charge is -2.16. The van der Waals surface area contributed by atoms with E-state index in [9.17, 15) is 4.79 Å². The summed E-state index contributed by atoms with van der Waals surface area (Å²) in [5.74, 6) is 0.391. The summed E-state index contributed by atoms with van der Waals surface area (Å²) >= 11 is 0. The second-order valence-electron chi connectivity index (χ2n) is 7.35. The Hall–Kier alpha value is -3.31. The second kappa shape index (κ2) is 11.6. The van der Waals surface area contributed by atoms with Gasteiger partial charge in [0.25, 0.3) is 0 Å². The van der Waals surface area contributed by atoms with Crippen LogP contribution in [0.3, 0.4) is 0 Å². The molecule has 6 N–H and O–H groups in total. The number of carbonyl (C=O) groups is 1. The molecule has 0 spiro atoms. The third kappa shape index (κ3) is 7.60. The normalized spacial score (nSPS) is 13.0. The number of carbonyl (C=O) groups excluding carboxylic acids is 1. The van der Waals surface area contributed by atoms with Crippen LogP contribution in [0.25, 0.3) is 17.8 Å². The number of hydrogen-bond acceptors (Lipinski definition) is 5. The monoisotopic (exact) mass is 404 g/mol. The lowest BCUT2D eigenvalue weighted by Crippen LogP contribution is -2.27. The molecule has 2 aromatic rings. The van der Waals surface area contributed by atoms with Crippen LogP contribution in [0.2, 0.25) is 0 Å². The van der Waals surface area contributed by atoms with Gasteiger partial charge in [-0.1, -0.05) is 61.5 Å². The predicted octanol–water partition coefficient (Wildman–Crippen LogP) is 1.81. The average molecular weight is 405 g/mol. The van der Waals surface area contributed by atoms with Gasteiger partial charge in [0.05, 0.1) is 12.4 Å². The first-order valence-corrected chi connectivity index (χ1v) is 10.1. The fraction of sp³-hybridized carbons (Fsp3) is 0.240. The van der Waals surface area contributed by atoms with E-state index in [1.807, 2.05) is 54.4 Å². The number of allylic oxidation sites excluding steroid dienone is 2. The van der Waals surface area contributed by atoms with Crippen LogP contribution in [0.4, 0.5) is 0 Å². The standard InChI is InChI=1S/C25H32N4O/c1-3-7-20-9-4-5-10-21(20)12-13-23(30)18-29(2)17-19-8-6-11-22(16-19)24(26)14-15-25(27)28/h4-12,14-16H,3,13,17-18,26-28H2,1-2H3/b20-7-,21-12-,24-14-. The maximum absolute atomic E-state index is 12.5. The zero-order valence-corrected chi connectivity index (χ0v) is 17.8. The molecule has 0 unspecified atom stereocenters. The number of rotatable bonds is 9. The van der Waals surface area contributed by atoms with Gasteiger partial charge in [-0.05, 0) is 53.3 Å². The van der Waals surface area contributed by atoms with E-state index < -0.39 is 0 Å². The molecule has 0 atom stereocenters. The fourth-order valence-corrected chi connectivity index (χ4v) is 3.19. The molecule has 158 valence electrons. The van der Waals surface area contributed by atoms with Crippen LogP contribution in [0.5, 0.6) is 0 Å². The number of ketones is 1. The first-order chi connectivity index (χ1) is 14.4. The highest BCUT2D eigenvalue weighted by molar-refractivity contribution is 5.84. The molecular weight excluding hydrogens is 372 g/mol. The van der Waals surface area contributed by atoms with E-state index in [-0.39, 0.29) is 11.6 Å². The molecule has 0 bridgehead atoms. The minimum absolute atomic E-state index is 0.183. The number of hydrogen-bond donors (Lipinski definition) is 3. The van der Waals surface area contributed by atoms with Crippen molar-refractivity contribution >= 4 is 23.6 Å². The first kappa shape index (κ1) is 23.0. The van der Waals surface area contributed by atoms with Gasteiger partial charge < -0.3 is 17.2 Å². The Morgan fingerprint density at radius 1 is 0.967 bits per heavy atom. The largest absolute Gasteiger partial charge is 0.398 e. The van der Waals surface area contributed by atoms with Gasteiger partial charge in [-0.3, -0.25) is 9.69 Å². The second-order valence-corrected chi connectivity index (χ2v) is 7.35. The predicted molar refractivity (Wildman–Crippen MR) is 126 cm³/mol.